The van der Waals surface area contributed by atoms with E-state index < -0.39 is 0 Å². The minimum atomic E-state index is 0. The Hall–Kier alpha value is -1.31. The number of nitrogens with one attached hydrogen (secondary N) is 3. The lowest BCUT2D eigenvalue weighted by molar-refractivity contribution is -0.122. The van der Waals surface area contributed by atoms with Crippen LogP contribution in [0.5, 0.6) is 0 Å². The summed E-state index contributed by atoms with van der Waals surface area (Å²) in [6, 6.07) is 8.57. The summed E-state index contributed by atoms with van der Waals surface area (Å²) in [5.74, 6) is 1.25. The Balaban J connectivity index is 0.00000261. The van der Waals surface area contributed by atoms with Gasteiger partial charge in [0.15, 0.2) is 5.96 Å². The number of nitrogens with zero attached hydrogens (tertiary/aromatic N) is 1. The van der Waals surface area contributed by atoms with Crippen LogP contribution in [-0.4, -0.2) is 24.5 Å². The van der Waals surface area contributed by atoms with E-state index in [0.29, 0.717) is 12.6 Å². The van der Waals surface area contributed by atoms with Crippen molar-refractivity contribution in [2.24, 2.45) is 10.9 Å². The summed E-state index contributed by atoms with van der Waals surface area (Å²) in [7, 11) is 0. The van der Waals surface area contributed by atoms with Crippen molar-refractivity contribution in [2.45, 2.75) is 70.9 Å². The molecule has 2 fully saturated rings. The van der Waals surface area contributed by atoms with Crippen LogP contribution in [0.15, 0.2) is 29.3 Å². The molecule has 1 aromatic rings. The zero-order valence-electron chi connectivity index (χ0n) is 16.3. The SMILES string of the molecule is CCNC(=NCc1cccc(NC(=O)C2CCC2)c1)NC1CCCCC1.I. The molecular weight excluding hydrogens is 451 g/mol. The topological polar surface area (TPSA) is 65.5 Å². The average molecular weight is 484 g/mol. The summed E-state index contributed by atoms with van der Waals surface area (Å²) in [4.78, 5) is 16.9. The minimum absolute atomic E-state index is 0. The largest absolute Gasteiger partial charge is 0.357 e. The number of anilines is 1. The number of hydrogen-bond acceptors (Lipinski definition) is 2. The van der Waals surface area contributed by atoms with Gasteiger partial charge in [0.1, 0.15) is 0 Å². The van der Waals surface area contributed by atoms with Gasteiger partial charge in [-0.3, -0.25) is 4.79 Å². The van der Waals surface area contributed by atoms with E-state index in [2.05, 4.69) is 28.9 Å². The summed E-state index contributed by atoms with van der Waals surface area (Å²) in [5, 5.41) is 9.96. The molecule has 0 radical (unpaired) electrons. The molecule has 1 aromatic carbocycles. The summed E-state index contributed by atoms with van der Waals surface area (Å²) in [5.41, 5.74) is 1.98. The molecule has 2 saturated carbocycles. The quantitative estimate of drug-likeness (QED) is 0.318. The normalized spacial score (nSPS) is 18.2. The Labute approximate surface area is 180 Å². The maximum absolute atomic E-state index is 12.1. The van der Waals surface area contributed by atoms with Crippen molar-refractivity contribution in [3.05, 3.63) is 29.8 Å². The van der Waals surface area contributed by atoms with E-state index in [1.807, 2.05) is 18.2 Å². The van der Waals surface area contributed by atoms with Crippen molar-refractivity contribution in [3.63, 3.8) is 0 Å². The number of halogens is 1. The van der Waals surface area contributed by atoms with Crippen LogP contribution in [0.1, 0.15) is 63.9 Å². The maximum Gasteiger partial charge on any atom is 0.227 e. The van der Waals surface area contributed by atoms with E-state index in [0.717, 1.165) is 36.6 Å². The van der Waals surface area contributed by atoms with Crippen molar-refractivity contribution in [1.29, 1.82) is 0 Å². The molecule has 1 amide bonds. The second-order valence-corrected chi connectivity index (χ2v) is 7.49. The highest BCUT2D eigenvalue weighted by molar-refractivity contribution is 14.0. The number of benzene rings is 1. The van der Waals surface area contributed by atoms with Crippen LogP contribution in [0.4, 0.5) is 5.69 Å². The Kier molecular flexibility index (Phi) is 9.38. The third-order valence-electron chi connectivity index (χ3n) is 5.38. The minimum Gasteiger partial charge on any atom is -0.357 e. The lowest BCUT2D eigenvalue weighted by Crippen LogP contribution is -2.44. The zero-order chi connectivity index (χ0) is 18.2. The van der Waals surface area contributed by atoms with E-state index in [1.54, 1.807) is 0 Å². The molecule has 2 aliphatic rings. The molecule has 0 aliphatic heterocycles. The van der Waals surface area contributed by atoms with Crippen LogP contribution in [0.3, 0.4) is 0 Å². The second kappa shape index (κ2) is 11.5. The van der Waals surface area contributed by atoms with Crippen LogP contribution >= 0.6 is 24.0 Å². The van der Waals surface area contributed by atoms with E-state index in [9.17, 15) is 4.79 Å². The molecular formula is C21H33IN4O. The first kappa shape index (κ1) is 22.0. The predicted molar refractivity (Wildman–Crippen MR) is 123 cm³/mol. The summed E-state index contributed by atoms with van der Waals surface area (Å²) in [6.07, 6.45) is 9.64. The molecule has 0 heterocycles. The van der Waals surface area contributed by atoms with Gasteiger partial charge >= 0.3 is 0 Å². The van der Waals surface area contributed by atoms with Gasteiger partial charge < -0.3 is 16.0 Å². The number of amides is 1. The standard InChI is InChI=1S/C21H32N4O.HI/c1-2-22-21(25-18-11-4-3-5-12-18)23-15-16-8-6-13-19(14-16)24-20(26)17-9-7-10-17;/h6,8,13-14,17-18H,2-5,7,9-12,15H2,1H3,(H,24,26)(H2,22,23,25);1H. The van der Waals surface area contributed by atoms with Gasteiger partial charge in [-0.1, -0.05) is 37.8 Å². The fraction of sp³-hybridized carbons (Fsp3) is 0.619. The number of carbonyl (C=O) groups excluding carboxylic acids is 1. The van der Waals surface area contributed by atoms with Crippen molar-refractivity contribution in [3.8, 4) is 0 Å². The molecule has 0 atom stereocenters. The molecule has 0 bridgehead atoms. The first-order valence-electron chi connectivity index (χ1n) is 10.2. The highest BCUT2D eigenvalue weighted by Crippen LogP contribution is 2.27. The fourth-order valence-electron chi connectivity index (χ4n) is 3.59. The van der Waals surface area contributed by atoms with Crippen molar-refractivity contribution < 1.29 is 4.79 Å². The van der Waals surface area contributed by atoms with Gasteiger partial charge in [0.2, 0.25) is 5.91 Å². The monoisotopic (exact) mass is 484 g/mol. The van der Waals surface area contributed by atoms with E-state index in [-0.39, 0.29) is 35.8 Å². The molecule has 27 heavy (non-hydrogen) atoms. The molecule has 0 unspecified atom stereocenters. The number of carbonyl (C=O) groups is 1. The highest BCUT2D eigenvalue weighted by Gasteiger charge is 2.25. The second-order valence-electron chi connectivity index (χ2n) is 7.49. The molecule has 6 heteroatoms. The molecule has 3 rings (SSSR count). The van der Waals surface area contributed by atoms with Crippen LogP contribution < -0.4 is 16.0 Å². The molecule has 3 N–H and O–H groups in total. The first-order chi connectivity index (χ1) is 12.7. The van der Waals surface area contributed by atoms with Crippen molar-refractivity contribution in [2.75, 3.05) is 11.9 Å². The third-order valence-corrected chi connectivity index (χ3v) is 5.38. The molecule has 2 aliphatic carbocycles. The van der Waals surface area contributed by atoms with Gasteiger partial charge in [-0.2, -0.15) is 0 Å². The van der Waals surface area contributed by atoms with E-state index in [4.69, 9.17) is 4.99 Å². The number of aliphatic imine (C=N–C) groups is 1. The van der Waals surface area contributed by atoms with Gasteiger partial charge in [0.05, 0.1) is 6.54 Å². The Morgan fingerprint density at radius 1 is 1.11 bits per heavy atom. The molecule has 150 valence electrons. The fourth-order valence-corrected chi connectivity index (χ4v) is 3.59. The van der Waals surface area contributed by atoms with E-state index in [1.165, 1.54) is 38.5 Å². The van der Waals surface area contributed by atoms with Crippen LogP contribution in [-0.2, 0) is 11.3 Å². The van der Waals surface area contributed by atoms with Crippen LogP contribution in [0.25, 0.3) is 0 Å². The molecule has 0 aromatic heterocycles. The summed E-state index contributed by atoms with van der Waals surface area (Å²) < 4.78 is 0. The van der Waals surface area contributed by atoms with Crippen molar-refractivity contribution >= 4 is 41.5 Å². The Morgan fingerprint density at radius 3 is 2.56 bits per heavy atom. The zero-order valence-corrected chi connectivity index (χ0v) is 18.6. The number of hydrogen-bond donors (Lipinski definition) is 3. The lowest BCUT2D eigenvalue weighted by Gasteiger charge is -2.25. The summed E-state index contributed by atoms with van der Waals surface area (Å²) >= 11 is 0. The first-order valence-corrected chi connectivity index (χ1v) is 10.2. The highest BCUT2D eigenvalue weighted by atomic mass is 127. The number of guanidine groups is 1. The van der Waals surface area contributed by atoms with E-state index >= 15 is 0 Å². The molecule has 0 spiro atoms. The van der Waals surface area contributed by atoms with Crippen molar-refractivity contribution in [1.82, 2.24) is 10.6 Å². The van der Waals surface area contributed by atoms with Gasteiger partial charge in [-0.15, -0.1) is 24.0 Å². The third kappa shape index (κ3) is 6.97. The van der Waals surface area contributed by atoms with Crippen LogP contribution in [0, 0.1) is 5.92 Å². The van der Waals surface area contributed by atoms with Gasteiger partial charge in [0.25, 0.3) is 0 Å². The Bertz CT molecular complexity index is 624. The Morgan fingerprint density at radius 2 is 1.89 bits per heavy atom. The van der Waals surface area contributed by atoms with Gasteiger partial charge in [0, 0.05) is 24.2 Å². The maximum atomic E-state index is 12.1. The molecule has 5 nitrogen and oxygen atoms in total. The average Bonchev–Trinajstić information content (AvgIpc) is 2.59. The van der Waals surface area contributed by atoms with Crippen LogP contribution in [0.2, 0.25) is 0 Å². The number of rotatable bonds is 6. The lowest BCUT2D eigenvalue weighted by atomic mass is 9.85. The predicted octanol–water partition coefficient (Wildman–Crippen LogP) is 4.43. The van der Waals surface area contributed by atoms with Gasteiger partial charge in [-0.25, -0.2) is 4.99 Å². The summed E-state index contributed by atoms with van der Waals surface area (Å²) in [6.45, 7) is 3.56. The molecule has 0 saturated heterocycles. The smallest absolute Gasteiger partial charge is 0.227 e. The van der Waals surface area contributed by atoms with Gasteiger partial charge in [-0.05, 0) is 50.3 Å².